The first-order valence-corrected chi connectivity index (χ1v) is 7.21. The standard InChI is InChI=1S/C17H16F3NO2/c1-16(2)12-9-10(17(18,19)20)6-7-11(12)14(15(16)23)21-8-4-3-5-13(21)22/h3-9,14-15,23H,1-2H3. The van der Waals surface area contributed by atoms with Gasteiger partial charge in [-0.05, 0) is 29.3 Å². The first-order valence-electron chi connectivity index (χ1n) is 7.21. The highest BCUT2D eigenvalue weighted by Crippen LogP contribution is 2.47. The number of hydrogen-bond acceptors (Lipinski definition) is 2. The number of aromatic nitrogens is 1. The van der Waals surface area contributed by atoms with Gasteiger partial charge in [-0.15, -0.1) is 0 Å². The molecule has 1 aromatic heterocycles. The van der Waals surface area contributed by atoms with Crippen molar-refractivity contribution >= 4 is 0 Å². The minimum Gasteiger partial charge on any atom is -0.390 e. The molecule has 2 atom stereocenters. The molecule has 1 N–H and O–H groups in total. The molecule has 0 spiro atoms. The van der Waals surface area contributed by atoms with Gasteiger partial charge in [-0.3, -0.25) is 4.79 Å². The molecule has 0 radical (unpaired) electrons. The molecule has 122 valence electrons. The Hall–Kier alpha value is -2.08. The minimum atomic E-state index is -4.45. The Balaban J connectivity index is 2.22. The summed E-state index contributed by atoms with van der Waals surface area (Å²) in [5.41, 5.74) is -0.988. The molecule has 3 rings (SSSR count). The van der Waals surface area contributed by atoms with Gasteiger partial charge in [-0.2, -0.15) is 13.2 Å². The monoisotopic (exact) mass is 323 g/mol. The van der Waals surface area contributed by atoms with Crippen molar-refractivity contribution in [3.63, 3.8) is 0 Å². The Bertz CT molecular complexity index is 808. The van der Waals surface area contributed by atoms with Crippen LogP contribution in [0.5, 0.6) is 0 Å². The van der Waals surface area contributed by atoms with E-state index in [1.807, 2.05) is 0 Å². The maximum atomic E-state index is 13.0. The van der Waals surface area contributed by atoms with Gasteiger partial charge in [0.15, 0.2) is 0 Å². The number of aliphatic hydroxyl groups excluding tert-OH is 1. The van der Waals surface area contributed by atoms with Gasteiger partial charge in [-0.25, -0.2) is 0 Å². The fourth-order valence-corrected chi connectivity index (χ4v) is 3.24. The molecule has 0 bridgehead atoms. The molecule has 1 heterocycles. The number of pyridine rings is 1. The van der Waals surface area contributed by atoms with E-state index in [9.17, 15) is 23.1 Å². The normalized spacial score (nSPS) is 22.9. The summed E-state index contributed by atoms with van der Waals surface area (Å²) < 4.78 is 40.3. The summed E-state index contributed by atoms with van der Waals surface area (Å²) in [6.45, 7) is 3.37. The van der Waals surface area contributed by atoms with Gasteiger partial charge in [0.2, 0.25) is 0 Å². The Morgan fingerprint density at radius 1 is 1.17 bits per heavy atom. The highest BCUT2D eigenvalue weighted by atomic mass is 19.4. The largest absolute Gasteiger partial charge is 0.416 e. The van der Waals surface area contributed by atoms with Gasteiger partial charge in [-0.1, -0.05) is 26.0 Å². The van der Waals surface area contributed by atoms with Crippen LogP contribution in [0.15, 0.2) is 47.4 Å². The number of aliphatic hydroxyl groups is 1. The van der Waals surface area contributed by atoms with Crippen LogP contribution in [0.2, 0.25) is 0 Å². The van der Waals surface area contributed by atoms with E-state index >= 15 is 0 Å². The molecule has 0 fully saturated rings. The van der Waals surface area contributed by atoms with Crippen molar-refractivity contribution < 1.29 is 18.3 Å². The molecule has 2 aromatic rings. The van der Waals surface area contributed by atoms with E-state index in [1.54, 1.807) is 32.2 Å². The second kappa shape index (κ2) is 4.96. The summed E-state index contributed by atoms with van der Waals surface area (Å²) >= 11 is 0. The highest BCUT2D eigenvalue weighted by molar-refractivity contribution is 5.47. The van der Waals surface area contributed by atoms with Gasteiger partial charge < -0.3 is 9.67 Å². The van der Waals surface area contributed by atoms with E-state index in [0.29, 0.717) is 11.1 Å². The minimum absolute atomic E-state index is 0.305. The number of benzene rings is 1. The van der Waals surface area contributed by atoms with E-state index in [2.05, 4.69) is 0 Å². The molecular weight excluding hydrogens is 307 g/mol. The van der Waals surface area contributed by atoms with Crippen LogP contribution in [-0.2, 0) is 11.6 Å². The fraction of sp³-hybridized carbons (Fsp3) is 0.353. The van der Waals surface area contributed by atoms with E-state index in [1.165, 1.54) is 16.7 Å². The highest BCUT2D eigenvalue weighted by Gasteiger charge is 2.47. The van der Waals surface area contributed by atoms with Crippen molar-refractivity contribution in [2.75, 3.05) is 0 Å². The molecule has 23 heavy (non-hydrogen) atoms. The molecule has 1 aromatic carbocycles. The zero-order valence-electron chi connectivity index (χ0n) is 12.6. The van der Waals surface area contributed by atoms with E-state index in [0.717, 1.165) is 12.1 Å². The van der Waals surface area contributed by atoms with E-state index in [-0.39, 0.29) is 5.56 Å². The van der Waals surface area contributed by atoms with Crippen LogP contribution in [0.1, 0.15) is 36.6 Å². The average molecular weight is 323 g/mol. The third-order valence-electron chi connectivity index (χ3n) is 4.58. The van der Waals surface area contributed by atoms with Gasteiger partial charge in [0.1, 0.15) is 0 Å². The smallest absolute Gasteiger partial charge is 0.390 e. The maximum absolute atomic E-state index is 13.0. The summed E-state index contributed by atoms with van der Waals surface area (Å²) in [5.74, 6) is 0. The molecule has 0 aliphatic heterocycles. The lowest BCUT2D eigenvalue weighted by Crippen LogP contribution is -2.37. The van der Waals surface area contributed by atoms with E-state index < -0.39 is 29.3 Å². The van der Waals surface area contributed by atoms with Crippen LogP contribution < -0.4 is 5.56 Å². The van der Waals surface area contributed by atoms with Crippen molar-refractivity contribution in [2.24, 2.45) is 0 Å². The van der Waals surface area contributed by atoms with Crippen molar-refractivity contribution in [3.8, 4) is 0 Å². The molecule has 3 nitrogen and oxygen atoms in total. The van der Waals surface area contributed by atoms with Crippen molar-refractivity contribution in [2.45, 2.75) is 37.6 Å². The summed E-state index contributed by atoms with van der Waals surface area (Å²) in [6.07, 6.45) is -3.90. The zero-order chi connectivity index (χ0) is 17.0. The topological polar surface area (TPSA) is 42.2 Å². The van der Waals surface area contributed by atoms with Gasteiger partial charge >= 0.3 is 6.18 Å². The number of alkyl halides is 3. The van der Waals surface area contributed by atoms with Crippen molar-refractivity contribution in [1.82, 2.24) is 4.57 Å². The Morgan fingerprint density at radius 2 is 1.87 bits per heavy atom. The van der Waals surface area contributed by atoms with Crippen LogP contribution in [0.25, 0.3) is 0 Å². The summed E-state index contributed by atoms with van der Waals surface area (Å²) in [6, 6.07) is 7.33. The SMILES string of the molecule is CC1(C)c2cc(C(F)(F)F)ccc2C(n2ccccc2=O)C1O. The second-order valence-corrected chi connectivity index (χ2v) is 6.36. The average Bonchev–Trinajstić information content (AvgIpc) is 2.67. The predicted octanol–water partition coefficient (Wildman–Crippen LogP) is 3.11. The fourth-order valence-electron chi connectivity index (χ4n) is 3.24. The van der Waals surface area contributed by atoms with Crippen molar-refractivity contribution in [1.29, 1.82) is 0 Å². The lowest BCUT2D eigenvalue weighted by Gasteiger charge is -2.27. The van der Waals surface area contributed by atoms with Crippen LogP contribution >= 0.6 is 0 Å². The lowest BCUT2D eigenvalue weighted by molar-refractivity contribution is -0.137. The van der Waals surface area contributed by atoms with Gasteiger partial charge in [0, 0.05) is 17.7 Å². The summed E-state index contributed by atoms with van der Waals surface area (Å²) in [4.78, 5) is 12.1. The Labute approximate surface area is 131 Å². The number of halogens is 3. The molecule has 0 amide bonds. The van der Waals surface area contributed by atoms with E-state index in [4.69, 9.17) is 0 Å². The van der Waals surface area contributed by atoms with Crippen LogP contribution in [-0.4, -0.2) is 15.8 Å². The Morgan fingerprint density at radius 3 is 2.48 bits per heavy atom. The first kappa shape index (κ1) is 15.8. The quantitative estimate of drug-likeness (QED) is 0.876. The second-order valence-electron chi connectivity index (χ2n) is 6.36. The number of fused-ring (bicyclic) bond motifs is 1. The number of hydrogen-bond donors (Lipinski definition) is 1. The lowest BCUT2D eigenvalue weighted by atomic mass is 9.83. The number of nitrogens with zero attached hydrogens (tertiary/aromatic N) is 1. The molecule has 2 unspecified atom stereocenters. The van der Waals surface area contributed by atoms with Crippen LogP contribution in [0.3, 0.4) is 0 Å². The van der Waals surface area contributed by atoms with Crippen LogP contribution in [0.4, 0.5) is 13.2 Å². The zero-order valence-corrected chi connectivity index (χ0v) is 12.6. The molecule has 0 saturated heterocycles. The summed E-state index contributed by atoms with van der Waals surface area (Å²) in [5, 5.41) is 10.7. The van der Waals surface area contributed by atoms with Gasteiger partial charge in [0.25, 0.3) is 5.56 Å². The number of rotatable bonds is 1. The molecule has 1 aliphatic carbocycles. The third kappa shape index (κ3) is 2.37. The summed E-state index contributed by atoms with van der Waals surface area (Å²) in [7, 11) is 0. The maximum Gasteiger partial charge on any atom is 0.416 e. The van der Waals surface area contributed by atoms with Gasteiger partial charge in [0.05, 0.1) is 17.7 Å². The molecule has 1 aliphatic rings. The first-order chi connectivity index (χ1) is 10.6. The third-order valence-corrected chi connectivity index (χ3v) is 4.58. The molecular formula is C17H16F3NO2. The molecule has 6 heteroatoms. The van der Waals surface area contributed by atoms with Crippen molar-refractivity contribution in [3.05, 3.63) is 69.6 Å². The molecule has 0 saturated carbocycles. The van der Waals surface area contributed by atoms with Crippen LogP contribution in [0, 0.1) is 0 Å². The predicted molar refractivity (Wildman–Crippen MR) is 79.3 cm³/mol. The Kier molecular flexibility index (Phi) is 3.41.